The van der Waals surface area contributed by atoms with Crippen LogP contribution in [0.25, 0.3) is 16.7 Å². The molecule has 8 heteroatoms. The second-order valence-electron chi connectivity index (χ2n) is 14.5. The summed E-state index contributed by atoms with van der Waals surface area (Å²) >= 11 is 0. The molecule has 0 bridgehead atoms. The maximum absolute atomic E-state index is 12.7. The van der Waals surface area contributed by atoms with Gasteiger partial charge in [-0.1, -0.05) is 45.0 Å². The first-order valence-electron chi connectivity index (χ1n) is 15.7. The highest BCUT2D eigenvalue weighted by molar-refractivity contribution is 7.86. The molecule has 0 saturated carbocycles. The zero-order valence-corrected chi connectivity index (χ0v) is 28.9. The van der Waals surface area contributed by atoms with Crippen LogP contribution in [0.4, 0.5) is 5.69 Å². The average molecular weight is 640 g/mol. The van der Waals surface area contributed by atoms with Crippen molar-refractivity contribution >= 4 is 38.5 Å². The molecule has 0 saturated heterocycles. The fourth-order valence-electron chi connectivity index (χ4n) is 7.59. The molecule has 6 rings (SSSR count). The smallest absolute Gasteiger partial charge is 0.336 e. The lowest BCUT2D eigenvalue weighted by atomic mass is 9.67. The number of carbonyl (C=O) groups is 1. The van der Waals surface area contributed by atoms with Crippen LogP contribution >= 0.6 is 0 Å². The fraction of sp³-hybridized carbons (Fsp3) is 0.368. The quantitative estimate of drug-likeness (QED) is 0.284. The monoisotopic (exact) mass is 639 g/mol. The van der Waals surface area contributed by atoms with Gasteiger partial charge in [-0.15, -0.1) is 0 Å². The van der Waals surface area contributed by atoms with E-state index in [4.69, 9.17) is 0 Å². The van der Waals surface area contributed by atoms with E-state index < -0.39 is 32.8 Å². The van der Waals surface area contributed by atoms with E-state index >= 15 is 0 Å². The number of aromatic carboxylic acids is 1. The van der Waals surface area contributed by atoms with Crippen LogP contribution in [0.15, 0.2) is 60.7 Å². The summed E-state index contributed by atoms with van der Waals surface area (Å²) in [6, 6.07) is 15.8. The van der Waals surface area contributed by atoms with Crippen LogP contribution in [-0.2, 0) is 15.5 Å². The van der Waals surface area contributed by atoms with Crippen molar-refractivity contribution in [3.05, 3.63) is 110 Å². The van der Waals surface area contributed by atoms with Gasteiger partial charge in [-0.25, -0.2) is 9.37 Å². The Kier molecular flexibility index (Phi) is 7.12. The first kappa shape index (κ1) is 32.0. The van der Waals surface area contributed by atoms with Crippen LogP contribution in [0.1, 0.15) is 98.6 Å². The highest BCUT2D eigenvalue weighted by atomic mass is 32.2. The lowest BCUT2D eigenvalue weighted by Gasteiger charge is -2.43. The Bertz CT molecular complexity index is 2170. The van der Waals surface area contributed by atoms with E-state index in [-0.39, 0.29) is 11.1 Å². The molecule has 2 heterocycles. The number of rotatable bonds is 5. The van der Waals surface area contributed by atoms with Crippen LogP contribution < -0.4 is 20.1 Å². The standard InChI is InChI=1S/C38H42N2O5S/c1-10-22-19-36(2,3)39(8)32-17-30-28(15-26(22)32)34(24-13-11-12-14-25(24)35(41)42)29-16-27-23(21-46(43,44)45)20-37(4,5)40(9)33(27)18-31(29)38(30,6)7/h11-20H,10,21H2,1-9H3,(H-,41,42,43,44,45)/p+1. The molecule has 3 aliphatic rings. The Balaban J connectivity index is 1.84. The van der Waals surface area contributed by atoms with Gasteiger partial charge in [-0.2, -0.15) is 8.42 Å². The van der Waals surface area contributed by atoms with Gasteiger partial charge in [0.25, 0.3) is 10.1 Å². The number of anilines is 1. The van der Waals surface area contributed by atoms with Crippen LogP contribution in [0, 0.1) is 0 Å². The zero-order valence-electron chi connectivity index (χ0n) is 28.1. The van der Waals surface area contributed by atoms with Crippen LogP contribution in [0.5, 0.6) is 0 Å². The minimum Gasteiger partial charge on any atom is -0.478 e. The molecule has 0 unspecified atom stereocenters. The summed E-state index contributed by atoms with van der Waals surface area (Å²) in [5.74, 6) is -1.53. The second-order valence-corrected chi connectivity index (χ2v) is 16.0. The predicted molar refractivity (Wildman–Crippen MR) is 186 cm³/mol. The van der Waals surface area contributed by atoms with Gasteiger partial charge in [0.15, 0.2) is 5.54 Å². The molecule has 0 aromatic heterocycles. The predicted octanol–water partition coefficient (Wildman–Crippen LogP) is 5.48. The molecule has 1 aliphatic carbocycles. The number of benzene rings is 3. The molecular weight excluding hydrogens is 596 g/mol. The zero-order chi connectivity index (χ0) is 33.7. The number of nitrogens with zero attached hydrogens (tertiary/aromatic N) is 2. The number of carboxylic acid groups (broad SMARTS) is 1. The van der Waals surface area contributed by atoms with Crippen molar-refractivity contribution in [3.63, 3.8) is 0 Å². The second kappa shape index (κ2) is 10.2. The number of allylic oxidation sites excluding steroid dienone is 1. The Hall–Kier alpha value is -4.01. The third-order valence-electron chi connectivity index (χ3n) is 10.5. The maximum Gasteiger partial charge on any atom is 0.336 e. The lowest BCUT2D eigenvalue weighted by Crippen LogP contribution is -2.49. The van der Waals surface area contributed by atoms with Crippen LogP contribution in [-0.4, -0.2) is 55.0 Å². The third kappa shape index (κ3) is 4.85. The Labute approximate surface area is 271 Å². The SMILES string of the molecule is CCC1=CC(C)(C)N(C)c2cc3c(cc21)C(c1ccccc1C(=O)O)=c1cc2c(cc1C3(C)C)=[N+](C)C(C)(C)C=C2CS(=O)(=O)O. The molecule has 7 nitrogen and oxygen atoms in total. The lowest BCUT2D eigenvalue weighted by molar-refractivity contribution is 0.0696. The van der Waals surface area contributed by atoms with Crippen LogP contribution in [0.2, 0.25) is 0 Å². The van der Waals surface area contributed by atoms with E-state index in [1.165, 1.54) is 5.57 Å². The number of hydrogen-bond donors (Lipinski definition) is 2. The molecule has 0 atom stereocenters. The van der Waals surface area contributed by atoms with Crippen molar-refractivity contribution in [1.29, 1.82) is 0 Å². The van der Waals surface area contributed by atoms with Gasteiger partial charge in [0, 0.05) is 43.6 Å². The van der Waals surface area contributed by atoms with Crippen molar-refractivity contribution in [2.75, 3.05) is 24.7 Å². The summed E-state index contributed by atoms with van der Waals surface area (Å²) in [4.78, 5) is 15.0. The fourth-order valence-corrected chi connectivity index (χ4v) is 8.22. The summed E-state index contributed by atoms with van der Waals surface area (Å²) < 4.78 is 36.6. The summed E-state index contributed by atoms with van der Waals surface area (Å²) in [5, 5.41) is 12.1. The van der Waals surface area contributed by atoms with Gasteiger partial charge in [-0.3, -0.25) is 4.55 Å². The third-order valence-corrected chi connectivity index (χ3v) is 11.2. The first-order valence-corrected chi connectivity index (χ1v) is 17.3. The number of likely N-dealkylation sites (N-methyl/N-ethyl adjacent to an activating group) is 2. The summed E-state index contributed by atoms with van der Waals surface area (Å²) in [7, 11) is -0.211. The minimum absolute atomic E-state index is 0.186. The molecule has 3 aromatic carbocycles. The average Bonchev–Trinajstić information content (AvgIpc) is 2.96. The van der Waals surface area contributed by atoms with E-state index in [0.717, 1.165) is 50.5 Å². The van der Waals surface area contributed by atoms with Gasteiger partial charge in [0.05, 0.1) is 16.7 Å². The summed E-state index contributed by atoms with van der Waals surface area (Å²) in [5.41, 5.74) is 8.20. The van der Waals surface area contributed by atoms with Crippen LogP contribution in [0.3, 0.4) is 0 Å². The number of carboxylic acids is 1. The minimum atomic E-state index is -4.33. The van der Waals surface area contributed by atoms with Crippen molar-refractivity contribution in [1.82, 2.24) is 4.58 Å². The molecule has 0 radical (unpaired) electrons. The van der Waals surface area contributed by atoms with Crippen molar-refractivity contribution < 1.29 is 22.9 Å². The highest BCUT2D eigenvalue weighted by Crippen LogP contribution is 2.48. The molecule has 0 spiro atoms. The number of fused-ring (bicyclic) bond motifs is 4. The van der Waals surface area contributed by atoms with Gasteiger partial charge < -0.3 is 10.0 Å². The highest BCUT2D eigenvalue weighted by Gasteiger charge is 2.40. The molecule has 2 N–H and O–H groups in total. The molecule has 240 valence electrons. The normalized spacial score (nSPS) is 19.0. The molecule has 0 fully saturated rings. The summed E-state index contributed by atoms with van der Waals surface area (Å²) in [6.45, 7) is 15.0. The molecule has 46 heavy (non-hydrogen) atoms. The van der Waals surface area contributed by atoms with E-state index in [1.54, 1.807) is 12.1 Å². The molecular formula is C38H43N2O5S+. The molecule has 3 aromatic rings. The maximum atomic E-state index is 12.7. The van der Waals surface area contributed by atoms with Gasteiger partial charge in [0.1, 0.15) is 12.8 Å². The van der Waals surface area contributed by atoms with E-state index in [1.807, 2.05) is 45.2 Å². The van der Waals surface area contributed by atoms with E-state index in [9.17, 15) is 22.9 Å². The van der Waals surface area contributed by atoms with E-state index in [2.05, 4.69) is 75.4 Å². The first-order chi connectivity index (χ1) is 21.3. The Morgan fingerprint density at radius 1 is 0.870 bits per heavy atom. The summed E-state index contributed by atoms with van der Waals surface area (Å²) in [6.07, 6.45) is 5.06. The molecule has 0 amide bonds. The topological polar surface area (TPSA) is 97.9 Å². The van der Waals surface area contributed by atoms with Crippen molar-refractivity contribution in [2.24, 2.45) is 0 Å². The van der Waals surface area contributed by atoms with E-state index in [0.29, 0.717) is 16.7 Å². The molecule has 2 aliphatic heterocycles. The Morgan fingerprint density at radius 3 is 2.17 bits per heavy atom. The van der Waals surface area contributed by atoms with Gasteiger partial charge in [0.2, 0.25) is 5.36 Å². The van der Waals surface area contributed by atoms with Crippen molar-refractivity contribution in [2.45, 2.75) is 71.4 Å². The van der Waals surface area contributed by atoms with Gasteiger partial charge >= 0.3 is 5.97 Å². The van der Waals surface area contributed by atoms with Gasteiger partial charge in [-0.05, 0) is 94.8 Å². The number of hydrogen-bond acceptors (Lipinski definition) is 4. The Morgan fingerprint density at radius 2 is 1.54 bits per heavy atom. The van der Waals surface area contributed by atoms with Crippen molar-refractivity contribution in [3.8, 4) is 0 Å². The largest absolute Gasteiger partial charge is 0.478 e.